The standard InChI is InChI=1S/C19H26N2O2/c1-4-5-13-23-19(22)12-11-18-15(2)20-21(16(18)3)14-17-9-7-6-8-10-17/h6-10H,4-5,11-14H2,1-3H3. The summed E-state index contributed by atoms with van der Waals surface area (Å²) >= 11 is 0. The number of aryl methyl sites for hydroxylation is 1. The first kappa shape index (κ1) is 17.3. The highest BCUT2D eigenvalue weighted by Gasteiger charge is 2.13. The third-order valence-electron chi connectivity index (χ3n) is 4.05. The van der Waals surface area contributed by atoms with Crippen molar-refractivity contribution in [2.45, 2.75) is 53.0 Å². The van der Waals surface area contributed by atoms with E-state index in [0.29, 0.717) is 19.4 Å². The average Bonchev–Trinajstić information content (AvgIpc) is 2.80. The molecular weight excluding hydrogens is 288 g/mol. The molecular formula is C19H26N2O2. The van der Waals surface area contributed by atoms with Crippen LogP contribution in [0.4, 0.5) is 0 Å². The number of esters is 1. The minimum Gasteiger partial charge on any atom is -0.466 e. The lowest BCUT2D eigenvalue weighted by Crippen LogP contribution is -2.08. The predicted octanol–water partition coefficient (Wildman–Crippen LogP) is 3.82. The molecule has 1 heterocycles. The summed E-state index contributed by atoms with van der Waals surface area (Å²) < 4.78 is 7.24. The molecule has 0 fully saturated rings. The topological polar surface area (TPSA) is 44.1 Å². The first-order valence-electron chi connectivity index (χ1n) is 8.34. The summed E-state index contributed by atoms with van der Waals surface area (Å²) in [5.74, 6) is -0.118. The van der Waals surface area contributed by atoms with Crippen LogP contribution in [0.25, 0.3) is 0 Å². The zero-order chi connectivity index (χ0) is 16.7. The largest absolute Gasteiger partial charge is 0.466 e. The number of hydrogen-bond acceptors (Lipinski definition) is 3. The third-order valence-corrected chi connectivity index (χ3v) is 4.05. The summed E-state index contributed by atoms with van der Waals surface area (Å²) in [6.45, 7) is 7.45. The number of nitrogens with zero attached hydrogens (tertiary/aromatic N) is 2. The van der Waals surface area contributed by atoms with Gasteiger partial charge in [0.25, 0.3) is 0 Å². The van der Waals surface area contributed by atoms with Crippen molar-refractivity contribution < 1.29 is 9.53 Å². The summed E-state index contributed by atoms with van der Waals surface area (Å²) in [4.78, 5) is 11.8. The highest BCUT2D eigenvalue weighted by molar-refractivity contribution is 5.69. The second-order valence-corrected chi connectivity index (χ2v) is 5.87. The Morgan fingerprint density at radius 3 is 2.65 bits per heavy atom. The maximum Gasteiger partial charge on any atom is 0.306 e. The lowest BCUT2D eigenvalue weighted by molar-refractivity contribution is -0.143. The first-order valence-corrected chi connectivity index (χ1v) is 8.34. The molecule has 1 aromatic heterocycles. The van der Waals surface area contributed by atoms with Crippen molar-refractivity contribution in [1.82, 2.24) is 9.78 Å². The molecule has 0 atom stereocenters. The van der Waals surface area contributed by atoms with Gasteiger partial charge in [0.15, 0.2) is 0 Å². The minimum atomic E-state index is -0.118. The van der Waals surface area contributed by atoms with Crippen LogP contribution < -0.4 is 0 Å². The maximum absolute atomic E-state index is 11.8. The zero-order valence-corrected chi connectivity index (χ0v) is 14.3. The molecule has 4 nitrogen and oxygen atoms in total. The molecule has 0 N–H and O–H groups in total. The summed E-state index contributed by atoms with van der Waals surface area (Å²) in [5, 5.41) is 4.62. The van der Waals surface area contributed by atoms with Crippen LogP contribution in [-0.4, -0.2) is 22.4 Å². The molecule has 124 valence electrons. The van der Waals surface area contributed by atoms with E-state index in [-0.39, 0.29) is 5.97 Å². The molecule has 0 spiro atoms. The molecule has 0 aliphatic rings. The third kappa shape index (κ3) is 4.95. The van der Waals surface area contributed by atoms with Gasteiger partial charge in [-0.3, -0.25) is 9.48 Å². The van der Waals surface area contributed by atoms with Crippen molar-refractivity contribution >= 4 is 5.97 Å². The van der Waals surface area contributed by atoms with Crippen molar-refractivity contribution in [3.63, 3.8) is 0 Å². The van der Waals surface area contributed by atoms with Gasteiger partial charge < -0.3 is 4.74 Å². The van der Waals surface area contributed by atoms with Gasteiger partial charge in [-0.05, 0) is 37.8 Å². The van der Waals surface area contributed by atoms with Crippen LogP contribution in [0.2, 0.25) is 0 Å². The molecule has 0 saturated heterocycles. The van der Waals surface area contributed by atoms with Crippen LogP contribution in [0.1, 0.15) is 48.7 Å². The average molecular weight is 314 g/mol. The number of rotatable bonds is 8. The fourth-order valence-corrected chi connectivity index (χ4v) is 2.64. The fraction of sp³-hybridized carbons (Fsp3) is 0.474. The van der Waals surface area contributed by atoms with E-state index in [1.165, 1.54) is 5.56 Å². The van der Waals surface area contributed by atoms with Gasteiger partial charge in [-0.15, -0.1) is 0 Å². The fourth-order valence-electron chi connectivity index (χ4n) is 2.64. The van der Waals surface area contributed by atoms with Crippen LogP contribution in [0.3, 0.4) is 0 Å². The van der Waals surface area contributed by atoms with Crippen LogP contribution >= 0.6 is 0 Å². The number of carbonyl (C=O) groups is 1. The first-order chi connectivity index (χ1) is 11.1. The van der Waals surface area contributed by atoms with Crippen molar-refractivity contribution in [2.24, 2.45) is 0 Å². The van der Waals surface area contributed by atoms with E-state index in [1.54, 1.807) is 0 Å². The Labute approximate surface area is 138 Å². The molecule has 0 amide bonds. The summed E-state index contributed by atoms with van der Waals surface area (Å²) in [6.07, 6.45) is 3.08. The van der Waals surface area contributed by atoms with E-state index in [1.807, 2.05) is 29.8 Å². The Hall–Kier alpha value is -2.10. The van der Waals surface area contributed by atoms with Crippen LogP contribution in [-0.2, 0) is 22.5 Å². The van der Waals surface area contributed by atoms with Gasteiger partial charge >= 0.3 is 5.97 Å². The van der Waals surface area contributed by atoms with Gasteiger partial charge in [-0.25, -0.2) is 0 Å². The molecule has 2 rings (SSSR count). The van der Waals surface area contributed by atoms with Gasteiger partial charge in [0.1, 0.15) is 0 Å². The summed E-state index contributed by atoms with van der Waals surface area (Å²) in [5.41, 5.74) is 4.52. The smallest absolute Gasteiger partial charge is 0.306 e. The molecule has 23 heavy (non-hydrogen) atoms. The minimum absolute atomic E-state index is 0.118. The second-order valence-electron chi connectivity index (χ2n) is 5.87. The Morgan fingerprint density at radius 1 is 1.22 bits per heavy atom. The van der Waals surface area contributed by atoms with Crippen LogP contribution in [0.5, 0.6) is 0 Å². The number of carbonyl (C=O) groups excluding carboxylic acids is 1. The zero-order valence-electron chi connectivity index (χ0n) is 14.3. The number of benzene rings is 1. The number of ether oxygens (including phenoxy) is 1. The predicted molar refractivity (Wildman–Crippen MR) is 91.4 cm³/mol. The molecule has 1 aromatic carbocycles. The molecule has 0 bridgehead atoms. The molecule has 0 radical (unpaired) electrons. The molecule has 0 aliphatic heterocycles. The van der Waals surface area contributed by atoms with E-state index in [4.69, 9.17) is 4.74 Å². The van der Waals surface area contributed by atoms with Gasteiger partial charge in [-0.1, -0.05) is 43.7 Å². The molecule has 2 aromatic rings. The van der Waals surface area contributed by atoms with Crippen LogP contribution in [0.15, 0.2) is 30.3 Å². The van der Waals surface area contributed by atoms with Crippen molar-refractivity contribution in [1.29, 1.82) is 0 Å². The normalized spacial score (nSPS) is 10.7. The lowest BCUT2D eigenvalue weighted by atomic mass is 10.1. The number of unbranched alkanes of at least 4 members (excludes halogenated alkanes) is 1. The second kappa shape index (κ2) is 8.51. The Bertz CT molecular complexity index is 632. The lowest BCUT2D eigenvalue weighted by Gasteiger charge is -2.06. The highest BCUT2D eigenvalue weighted by atomic mass is 16.5. The van der Waals surface area contributed by atoms with Crippen LogP contribution in [0, 0.1) is 13.8 Å². The van der Waals surface area contributed by atoms with E-state index >= 15 is 0 Å². The van der Waals surface area contributed by atoms with E-state index in [9.17, 15) is 4.79 Å². The summed E-state index contributed by atoms with van der Waals surface area (Å²) in [7, 11) is 0. The Kier molecular flexibility index (Phi) is 6.39. The highest BCUT2D eigenvalue weighted by Crippen LogP contribution is 2.17. The van der Waals surface area contributed by atoms with Crippen molar-refractivity contribution in [2.75, 3.05) is 6.61 Å². The van der Waals surface area contributed by atoms with Crippen molar-refractivity contribution in [3.05, 3.63) is 52.8 Å². The molecule has 4 heteroatoms. The monoisotopic (exact) mass is 314 g/mol. The number of hydrogen-bond donors (Lipinski definition) is 0. The Morgan fingerprint density at radius 2 is 1.96 bits per heavy atom. The maximum atomic E-state index is 11.8. The molecule has 0 unspecified atom stereocenters. The van der Waals surface area contributed by atoms with E-state index in [0.717, 1.165) is 36.3 Å². The Balaban J connectivity index is 1.96. The van der Waals surface area contributed by atoms with E-state index in [2.05, 4.69) is 31.1 Å². The molecule has 0 aliphatic carbocycles. The van der Waals surface area contributed by atoms with Gasteiger partial charge in [-0.2, -0.15) is 5.10 Å². The SMILES string of the molecule is CCCCOC(=O)CCc1c(C)nn(Cc2ccccc2)c1C. The molecule has 0 saturated carbocycles. The van der Waals surface area contributed by atoms with E-state index < -0.39 is 0 Å². The van der Waals surface area contributed by atoms with Gasteiger partial charge in [0.05, 0.1) is 18.8 Å². The van der Waals surface area contributed by atoms with Gasteiger partial charge in [0.2, 0.25) is 0 Å². The summed E-state index contributed by atoms with van der Waals surface area (Å²) in [6, 6.07) is 10.3. The van der Waals surface area contributed by atoms with Gasteiger partial charge in [0, 0.05) is 12.1 Å². The van der Waals surface area contributed by atoms with Crippen molar-refractivity contribution in [3.8, 4) is 0 Å². The quantitative estimate of drug-likeness (QED) is 0.549. The number of aromatic nitrogens is 2.